The fourth-order valence-corrected chi connectivity index (χ4v) is 3.02. The lowest BCUT2D eigenvalue weighted by atomic mass is 10.1. The first-order valence-electron chi connectivity index (χ1n) is 9.49. The lowest BCUT2D eigenvalue weighted by Gasteiger charge is -2.24. The van der Waals surface area contributed by atoms with Crippen LogP contribution in [0.1, 0.15) is 16.7 Å². The van der Waals surface area contributed by atoms with Gasteiger partial charge in [0, 0.05) is 25.4 Å². The molecule has 148 valence electrons. The van der Waals surface area contributed by atoms with Crippen molar-refractivity contribution in [1.29, 1.82) is 0 Å². The van der Waals surface area contributed by atoms with Crippen molar-refractivity contribution in [1.82, 2.24) is 9.47 Å². The molecule has 0 spiro atoms. The van der Waals surface area contributed by atoms with Crippen LogP contribution in [-0.4, -0.2) is 33.6 Å². The molecule has 0 atom stereocenters. The molecular formula is C24H24N2O3. The Morgan fingerprint density at radius 1 is 1.00 bits per heavy atom. The molecular weight excluding hydrogens is 364 g/mol. The number of carbonyl (C=O) groups excluding carboxylic acids is 1. The summed E-state index contributed by atoms with van der Waals surface area (Å²) in [5.74, 6) is -0.322. The second-order valence-electron chi connectivity index (χ2n) is 6.79. The average molecular weight is 388 g/mol. The molecule has 0 aliphatic rings. The Bertz CT molecular complexity index is 1040. The van der Waals surface area contributed by atoms with E-state index >= 15 is 0 Å². The molecule has 3 rings (SSSR count). The molecule has 1 aromatic heterocycles. The molecule has 0 saturated heterocycles. The van der Waals surface area contributed by atoms with Gasteiger partial charge < -0.3 is 10.0 Å². The molecule has 0 saturated carbocycles. The van der Waals surface area contributed by atoms with Crippen LogP contribution in [-0.2, 0) is 11.3 Å². The van der Waals surface area contributed by atoms with E-state index in [9.17, 15) is 14.7 Å². The SMILES string of the molecule is Cc1ccc(C=C(C(=O)N(CCO)Cc2ccccc2)n2ccccc2=O)cc1. The maximum Gasteiger partial charge on any atom is 0.271 e. The summed E-state index contributed by atoms with van der Waals surface area (Å²) in [5.41, 5.74) is 2.83. The molecule has 3 aromatic rings. The zero-order valence-corrected chi connectivity index (χ0v) is 16.4. The van der Waals surface area contributed by atoms with E-state index in [2.05, 4.69) is 0 Å². The molecule has 1 N–H and O–H groups in total. The number of benzene rings is 2. The highest BCUT2D eigenvalue weighted by Crippen LogP contribution is 2.16. The summed E-state index contributed by atoms with van der Waals surface area (Å²) >= 11 is 0. The average Bonchev–Trinajstić information content (AvgIpc) is 2.74. The van der Waals surface area contributed by atoms with Crippen molar-refractivity contribution >= 4 is 17.7 Å². The highest BCUT2D eigenvalue weighted by molar-refractivity contribution is 6.18. The predicted octanol–water partition coefficient (Wildman–Crippen LogP) is 3.18. The highest BCUT2D eigenvalue weighted by Gasteiger charge is 2.20. The Morgan fingerprint density at radius 2 is 1.69 bits per heavy atom. The van der Waals surface area contributed by atoms with Gasteiger partial charge in [-0.25, -0.2) is 0 Å². The number of carbonyl (C=O) groups is 1. The third-order valence-corrected chi connectivity index (χ3v) is 4.56. The van der Waals surface area contributed by atoms with Crippen molar-refractivity contribution in [3.8, 4) is 0 Å². The van der Waals surface area contributed by atoms with Gasteiger partial charge in [-0.1, -0.05) is 66.2 Å². The van der Waals surface area contributed by atoms with E-state index in [4.69, 9.17) is 0 Å². The summed E-state index contributed by atoms with van der Waals surface area (Å²) in [6, 6.07) is 22.1. The monoisotopic (exact) mass is 388 g/mol. The Kier molecular flexibility index (Phi) is 6.76. The van der Waals surface area contributed by atoms with Gasteiger partial charge in [0.1, 0.15) is 5.70 Å². The number of amides is 1. The van der Waals surface area contributed by atoms with Crippen LogP contribution >= 0.6 is 0 Å². The van der Waals surface area contributed by atoms with E-state index in [1.165, 1.54) is 10.6 Å². The minimum atomic E-state index is -0.322. The van der Waals surface area contributed by atoms with Gasteiger partial charge in [0.25, 0.3) is 11.5 Å². The molecule has 5 nitrogen and oxygen atoms in total. The summed E-state index contributed by atoms with van der Waals surface area (Å²) in [5, 5.41) is 9.51. The molecule has 29 heavy (non-hydrogen) atoms. The van der Waals surface area contributed by atoms with E-state index in [0.29, 0.717) is 6.54 Å². The zero-order valence-electron chi connectivity index (χ0n) is 16.4. The zero-order chi connectivity index (χ0) is 20.6. The standard InChI is InChI=1S/C24H24N2O3/c1-19-10-12-20(13-11-19)17-22(26-14-6-5-9-23(26)28)24(29)25(15-16-27)18-21-7-3-2-4-8-21/h2-14,17,27H,15-16,18H2,1H3. The smallest absolute Gasteiger partial charge is 0.271 e. The number of aromatic nitrogens is 1. The molecule has 1 heterocycles. The topological polar surface area (TPSA) is 62.5 Å². The molecule has 0 aliphatic heterocycles. The van der Waals surface area contributed by atoms with Gasteiger partial charge in [-0.3, -0.25) is 14.2 Å². The van der Waals surface area contributed by atoms with E-state index in [0.717, 1.165) is 16.7 Å². The van der Waals surface area contributed by atoms with Gasteiger partial charge in [0.2, 0.25) is 0 Å². The van der Waals surface area contributed by atoms with Crippen LogP contribution in [0.4, 0.5) is 0 Å². The van der Waals surface area contributed by atoms with Crippen LogP contribution in [0.5, 0.6) is 0 Å². The number of hydrogen-bond donors (Lipinski definition) is 1. The third-order valence-electron chi connectivity index (χ3n) is 4.56. The van der Waals surface area contributed by atoms with E-state index in [1.54, 1.807) is 29.3 Å². The molecule has 0 aliphatic carbocycles. The van der Waals surface area contributed by atoms with E-state index < -0.39 is 0 Å². The summed E-state index contributed by atoms with van der Waals surface area (Å²) in [4.78, 5) is 27.4. The number of aliphatic hydroxyl groups is 1. The highest BCUT2D eigenvalue weighted by atomic mass is 16.3. The lowest BCUT2D eigenvalue weighted by molar-refractivity contribution is -0.126. The number of rotatable bonds is 7. The van der Waals surface area contributed by atoms with E-state index in [-0.39, 0.29) is 30.3 Å². The van der Waals surface area contributed by atoms with Crippen molar-refractivity contribution in [3.63, 3.8) is 0 Å². The van der Waals surface area contributed by atoms with Crippen LogP contribution in [0.15, 0.2) is 83.8 Å². The first-order valence-corrected chi connectivity index (χ1v) is 9.49. The van der Waals surface area contributed by atoms with Gasteiger partial charge in [-0.15, -0.1) is 0 Å². The summed E-state index contributed by atoms with van der Waals surface area (Å²) in [6.07, 6.45) is 3.29. The Balaban J connectivity index is 2.03. The third kappa shape index (κ3) is 5.30. The predicted molar refractivity (Wildman–Crippen MR) is 115 cm³/mol. The van der Waals surface area contributed by atoms with Gasteiger partial charge in [0.05, 0.1) is 6.61 Å². The van der Waals surface area contributed by atoms with Crippen molar-refractivity contribution < 1.29 is 9.90 Å². The summed E-state index contributed by atoms with van der Waals surface area (Å²) in [6.45, 7) is 2.33. The summed E-state index contributed by atoms with van der Waals surface area (Å²) < 4.78 is 1.34. The molecule has 5 heteroatoms. The normalized spacial score (nSPS) is 11.3. The van der Waals surface area contributed by atoms with Crippen molar-refractivity contribution in [3.05, 3.63) is 106 Å². The molecule has 0 bridgehead atoms. The first-order chi connectivity index (χ1) is 14.1. The molecule has 0 radical (unpaired) electrons. The van der Waals surface area contributed by atoms with Crippen LogP contribution in [0.25, 0.3) is 11.8 Å². The van der Waals surface area contributed by atoms with Crippen LogP contribution in [0, 0.1) is 6.92 Å². The maximum atomic E-state index is 13.4. The fraction of sp³-hybridized carbons (Fsp3) is 0.167. The van der Waals surface area contributed by atoms with Crippen LogP contribution in [0.2, 0.25) is 0 Å². The second-order valence-corrected chi connectivity index (χ2v) is 6.79. The minimum Gasteiger partial charge on any atom is -0.395 e. The number of aliphatic hydroxyl groups excluding tert-OH is 1. The first kappa shape index (κ1) is 20.3. The van der Waals surface area contributed by atoms with Crippen molar-refractivity contribution in [2.24, 2.45) is 0 Å². The van der Waals surface area contributed by atoms with Crippen molar-refractivity contribution in [2.75, 3.05) is 13.2 Å². The Labute approximate surface area is 170 Å². The molecule has 0 fully saturated rings. The Hall–Kier alpha value is -3.44. The Morgan fingerprint density at radius 3 is 2.34 bits per heavy atom. The van der Waals surface area contributed by atoms with Crippen LogP contribution in [0.3, 0.4) is 0 Å². The number of hydrogen-bond acceptors (Lipinski definition) is 3. The molecule has 2 aromatic carbocycles. The van der Waals surface area contributed by atoms with Gasteiger partial charge in [0.15, 0.2) is 0 Å². The fourth-order valence-electron chi connectivity index (χ4n) is 3.02. The largest absolute Gasteiger partial charge is 0.395 e. The lowest BCUT2D eigenvalue weighted by Crippen LogP contribution is -2.36. The minimum absolute atomic E-state index is 0.167. The van der Waals surface area contributed by atoms with Crippen LogP contribution < -0.4 is 5.56 Å². The van der Waals surface area contributed by atoms with Gasteiger partial charge in [-0.2, -0.15) is 0 Å². The maximum absolute atomic E-state index is 13.4. The summed E-state index contributed by atoms with van der Waals surface area (Å²) in [7, 11) is 0. The second kappa shape index (κ2) is 9.66. The number of nitrogens with zero attached hydrogens (tertiary/aromatic N) is 2. The molecule has 0 unspecified atom stereocenters. The van der Waals surface area contributed by atoms with E-state index in [1.807, 2.05) is 61.5 Å². The van der Waals surface area contributed by atoms with Gasteiger partial charge in [-0.05, 0) is 30.2 Å². The van der Waals surface area contributed by atoms with Gasteiger partial charge >= 0.3 is 0 Å². The van der Waals surface area contributed by atoms with Crippen molar-refractivity contribution in [2.45, 2.75) is 13.5 Å². The molecule has 1 amide bonds. The number of aryl methyl sites for hydroxylation is 1. The number of pyridine rings is 1. The quantitative estimate of drug-likeness (QED) is 0.633.